The van der Waals surface area contributed by atoms with Crippen LogP contribution in [0.4, 0.5) is 0 Å². The van der Waals surface area contributed by atoms with Crippen LogP contribution in [0.25, 0.3) is 0 Å². The lowest BCUT2D eigenvalue weighted by Crippen LogP contribution is -3.00. The molecule has 0 radical (unpaired) electrons. The van der Waals surface area contributed by atoms with Crippen molar-refractivity contribution in [2.45, 2.75) is 80.1 Å². The number of hydrogen-bond donors (Lipinski definition) is 0. The molecule has 0 aliphatic rings. The number of rotatable bonds is 12. The lowest BCUT2D eigenvalue weighted by Gasteiger charge is -2.41. The Bertz CT molecular complexity index is 278. The Morgan fingerprint density at radius 2 is 1.26 bits per heavy atom. The third kappa shape index (κ3) is 8.39. The molecule has 0 spiro atoms. The average molecular weight is 348 g/mol. The molecule has 0 aromatic carbocycles. The first-order valence-corrected chi connectivity index (χ1v) is 9.81. The zero-order valence-corrected chi connectivity index (χ0v) is 17.5. The predicted molar refractivity (Wildman–Crippen MR) is 100 cm³/mol. The summed E-state index contributed by atoms with van der Waals surface area (Å²) >= 11 is 0. The van der Waals surface area contributed by atoms with Crippen molar-refractivity contribution < 1.29 is 16.9 Å². The Balaban J connectivity index is 0. The fourth-order valence-corrected chi connectivity index (χ4v) is 3.30. The van der Waals surface area contributed by atoms with E-state index in [9.17, 15) is 0 Å². The number of nitrogens with zero attached hydrogens (tertiary/aromatic N) is 3. The summed E-state index contributed by atoms with van der Waals surface area (Å²) in [6.45, 7) is 20.3. The van der Waals surface area contributed by atoms with E-state index in [2.05, 4.69) is 46.4 Å². The first-order chi connectivity index (χ1) is 10.7. The molecule has 0 saturated carbocycles. The van der Waals surface area contributed by atoms with Gasteiger partial charge in [-0.05, 0) is 53.4 Å². The Morgan fingerprint density at radius 3 is 1.57 bits per heavy atom. The minimum Gasteiger partial charge on any atom is -1.00 e. The predicted octanol–water partition coefficient (Wildman–Crippen LogP) is 1.93. The second kappa shape index (κ2) is 15.3. The molecular weight excluding hydrogens is 306 g/mol. The van der Waals surface area contributed by atoms with Gasteiger partial charge in [-0.2, -0.15) is 0 Å². The summed E-state index contributed by atoms with van der Waals surface area (Å²) in [6, 6.07) is 0. The summed E-state index contributed by atoms with van der Waals surface area (Å²) in [7, 11) is 0. The van der Waals surface area contributed by atoms with Gasteiger partial charge in [-0.3, -0.25) is 4.48 Å². The largest absolute Gasteiger partial charge is 1.00 e. The van der Waals surface area contributed by atoms with Gasteiger partial charge in [0.2, 0.25) is 0 Å². The first-order valence-electron chi connectivity index (χ1n) is 9.81. The molecule has 0 bridgehead atoms. The summed E-state index contributed by atoms with van der Waals surface area (Å²) < 4.78 is 1.09. The summed E-state index contributed by atoms with van der Waals surface area (Å²) in [4.78, 5) is 7.47. The SMILES string of the molecule is CCCCC[N+](CC)(CCCCC)C(=NCC)N(CC)CC.[Cl-]. The maximum Gasteiger partial charge on any atom is 0.300 e. The summed E-state index contributed by atoms with van der Waals surface area (Å²) in [6.07, 6.45) is 7.91. The van der Waals surface area contributed by atoms with Crippen LogP contribution in [-0.4, -0.2) is 54.6 Å². The van der Waals surface area contributed by atoms with E-state index in [1.54, 1.807) is 0 Å². The molecular formula is C19H42ClN3. The summed E-state index contributed by atoms with van der Waals surface area (Å²) in [5.41, 5.74) is 0. The van der Waals surface area contributed by atoms with E-state index >= 15 is 0 Å². The number of guanidine groups is 1. The third-order valence-electron chi connectivity index (χ3n) is 4.75. The van der Waals surface area contributed by atoms with E-state index in [-0.39, 0.29) is 12.4 Å². The van der Waals surface area contributed by atoms with Crippen LogP contribution in [0.3, 0.4) is 0 Å². The van der Waals surface area contributed by atoms with Gasteiger partial charge in [0.25, 0.3) is 5.96 Å². The zero-order chi connectivity index (χ0) is 16.8. The van der Waals surface area contributed by atoms with Crippen molar-refractivity contribution in [2.24, 2.45) is 4.99 Å². The van der Waals surface area contributed by atoms with Gasteiger partial charge in [0.1, 0.15) is 0 Å². The van der Waals surface area contributed by atoms with E-state index in [0.29, 0.717) is 0 Å². The Morgan fingerprint density at radius 1 is 0.783 bits per heavy atom. The van der Waals surface area contributed by atoms with Crippen molar-refractivity contribution >= 4 is 5.96 Å². The van der Waals surface area contributed by atoms with E-state index in [1.807, 2.05) is 0 Å². The molecule has 23 heavy (non-hydrogen) atoms. The molecule has 0 heterocycles. The highest BCUT2D eigenvalue weighted by molar-refractivity contribution is 5.73. The lowest BCUT2D eigenvalue weighted by atomic mass is 10.1. The van der Waals surface area contributed by atoms with Gasteiger partial charge in [0.15, 0.2) is 0 Å². The normalized spacial score (nSPS) is 12.2. The third-order valence-corrected chi connectivity index (χ3v) is 4.75. The number of aliphatic imine (C=N–C) groups is 1. The first kappa shape index (κ1) is 25.0. The van der Waals surface area contributed by atoms with Gasteiger partial charge in [0, 0.05) is 19.6 Å². The highest BCUT2D eigenvalue weighted by Crippen LogP contribution is 2.18. The molecule has 0 unspecified atom stereocenters. The topological polar surface area (TPSA) is 15.6 Å². The van der Waals surface area contributed by atoms with Gasteiger partial charge in [0.05, 0.1) is 19.6 Å². The minimum atomic E-state index is 0. The highest BCUT2D eigenvalue weighted by atomic mass is 35.5. The van der Waals surface area contributed by atoms with Crippen molar-refractivity contribution in [1.29, 1.82) is 0 Å². The van der Waals surface area contributed by atoms with Crippen molar-refractivity contribution in [1.82, 2.24) is 4.90 Å². The standard InChI is InChI=1S/C19H42N3.ClH/c1-7-13-15-17-22(12-6,18-16-14-8-2)19(20-9-3)21(10-4)11-5;/h7-18H2,1-6H3;1H/q+1;/p-1. The van der Waals surface area contributed by atoms with Crippen molar-refractivity contribution in [3.05, 3.63) is 0 Å². The van der Waals surface area contributed by atoms with E-state index < -0.39 is 0 Å². The van der Waals surface area contributed by atoms with E-state index in [4.69, 9.17) is 4.99 Å². The van der Waals surface area contributed by atoms with Gasteiger partial charge in [-0.1, -0.05) is 26.7 Å². The number of halogens is 1. The number of unbranched alkanes of at least 4 members (excludes halogenated alkanes) is 4. The van der Waals surface area contributed by atoms with Gasteiger partial charge in [-0.15, -0.1) is 0 Å². The Kier molecular flexibility index (Phi) is 16.6. The maximum atomic E-state index is 4.98. The van der Waals surface area contributed by atoms with Crippen LogP contribution in [0.5, 0.6) is 0 Å². The van der Waals surface area contributed by atoms with Crippen LogP contribution in [0.2, 0.25) is 0 Å². The Hall–Kier alpha value is -0.280. The van der Waals surface area contributed by atoms with Crippen LogP contribution < -0.4 is 12.4 Å². The molecule has 0 rings (SSSR count). The van der Waals surface area contributed by atoms with Crippen molar-refractivity contribution in [2.75, 3.05) is 39.3 Å². The lowest BCUT2D eigenvalue weighted by molar-refractivity contribution is -0.846. The van der Waals surface area contributed by atoms with Crippen LogP contribution in [0.1, 0.15) is 80.1 Å². The molecule has 0 aliphatic carbocycles. The number of quaternary nitrogens is 1. The molecule has 0 aliphatic heterocycles. The van der Waals surface area contributed by atoms with Crippen LogP contribution in [0.15, 0.2) is 4.99 Å². The molecule has 0 atom stereocenters. The zero-order valence-electron chi connectivity index (χ0n) is 16.7. The van der Waals surface area contributed by atoms with Crippen LogP contribution >= 0.6 is 0 Å². The molecule has 0 amide bonds. The maximum absolute atomic E-state index is 4.98. The molecule has 0 aromatic heterocycles. The average Bonchev–Trinajstić information content (AvgIpc) is 2.54. The summed E-state index contributed by atoms with van der Waals surface area (Å²) in [5.74, 6) is 1.35. The van der Waals surface area contributed by atoms with Gasteiger partial charge >= 0.3 is 0 Å². The molecule has 4 heteroatoms. The number of hydrogen-bond acceptors (Lipinski definition) is 1. The summed E-state index contributed by atoms with van der Waals surface area (Å²) in [5, 5.41) is 0. The molecule has 3 nitrogen and oxygen atoms in total. The fourth-order valence-electron chi connectivity index (χ4n) is 3.30. The molecule has 0 fully saturated rings. The monoisotopic (exact) mass is 347 g/mol. The van der Waals surface area contributed by atoms with Gasteiger partial charge < -0.3 is 17.3 Å². The molecule has 140 valence electrons. The smallest absolute Gasteiger partial charge is 0.300 e. The quantitative estimate of drug-likeness (QED) is 0.228. The van der Waals surface area contributed by atoms with E-state index in [0.717, 1.165) is 24.1 Å². The fraction of sp³-hybridized carbons (Fsp3) is 0.947. The van der Waals surface area contributed by atoms with Crippen molar-refractivity contribution in [3.63, 3.8) is 0 Å². The minimum absolute atomic E-state index is 0. The Labute approximate surface area is 152 Å². The second-order valence-corrected chi connectivity index (χ2v) is 6.27. The molecule has 0 aromatic rings. The molecule has 0 saturated heterocycles. The van der Waals surface area contributed by atoms with Crippen LogP contribution in [-0.2, 0) is 0 Å². The van der Waals surface area contributed by atoms with Gasteiger partial charge in [-0.25, -0.2) is 4.99 Å². The second-order valence-electron chi connectivity index (χ2n) is 6.27. The van der Waals surface area contributed by atoms with E-state index in [1.165, 1.54) is 64.1 Å². The highest BCUT2D eigenvalue weighted by Gasteiger charge is 2.34. The van der Waals surface area contributed by atoms with Crippen molar-refractivity contribution in [3.8, 4) is 0 Å². The molecule has 0 N–H and O–H groups in total. The van der Waals surface area contributed by atoms with Crippen LogP contribution in [0, 0.1) is 0 Å².